The molecule has 1 aliphatic heterocycles. The monoisotopic (exact) mass is 326 g/mol. The lowest BCUT2D eigenvalue weighted by atomic mass is 10.6. The van der Waals surface area contributed by atoms with Gasteiger partial charge in [0.05, 0.1) is 0 Å². The second kappa shape index (κ2) is 6.57. The summed E-state index contributed by atoms with van der Waals surface area (Å²) in [6.07, 6.45) is 0.382. The van der Waals surface area contributed by atoms with Gasteiger partial charge in [-0.2, -0.15) is 0 Å². The summed E-state index contributed by atoms with van der Waals surface area (Å²) in [7, 11) is -14.5. The summed E-state index contributed by atoms with van der Waals surface area (Å²) in [6.45, 7) is 1.68. The van der Waals surface area contributed by atoms with Gasteiger partial charge in [0, 0.05) is 6.04 Å². The van der Waals surface area contributed by atoms with Gasteiger partial charge in [0.25, 0.3) is 30.0 Å². The van der Waals surface area contributed by atoms with E-state index >= 15 is 0 Å². The van der Waals surface area contributed by atoms with Crippen LogP contribution in [-0.4, -0.2) is 48.1 Å². The molecule has 1 heterocycles. The first-order chi connectivity index (χ1) is 7.47. The molecular formula is C3H13F3O5Si5. The van der Waals surface area contributed by atoms with E-state index in [4.69, 9.17) is 12.3 Å². The lowest BCUT2D eigenvalue weighted by molar-refractivity contribution is 0.171. The molecule has 1 atom stereocenters. The van der Waals surface area contributed by atoms with Gasteiger partial charge in [-0.15, -0.1) is 0 Å². The number of rotatable bonds is 2. The van der Waals surface area contributed by atoms with Gasteiger partial charge in [-0.1, -0.05) is 13.3 Å². The summed E-state index contributed by atoms with van der Waals surface area (Å²) >= 11 is 0. The molecule has 0 aromatic carbocycles. The third-order valence-electron chi connectivity index (χ3n) is 1.65. The highest BCUT2D eigenvalue weighted by molar-refractivity contribution is 6.75. The topological polar surface area (TPSA) is 46.2 Å². The normalized spacial score (nSPS) is 36.8. The fourth-order valence-corrected chi connectivity index (χ4v) is 11.1. The Balaban J connectivity index is 2.64. The van der Waals surface area contributed by atoms with E-state index in [1.165, 1.54) is 0 Å². The van der Waals surface area contributed by atoms with Crippen LogP contribution in [0.15, 0.2) is 0 Å². The summed E-state index contributed by atoms with van der Waals surface area (Å²) in [5, 5.41) is 0. The van der Waals surface area contributed by atoms with Crippen LogP contribution in [0.1, 0.15) is 13.3 Å². The smallest absolute Gasteiger partial charge is 0.425 e. The standard InChI is InChI=1S/C3H13F3O5Si5/c1-2-3-15(4)9-13-7-12-8-14-10-16(5,6)11-15/h2-3,12-14H2,1H3. The first-order valence-corrected chi connectivity index (χ1v) is 11.6. The maximum Gasteiger partial charge on any atom is 0.744 e. The molecular weight excluding hydrogens is 313 g/mol. The fraction of sp³-hybridized carbons (Fsp3) is 1.00. The van der Waals surface area contributed by atoms with Crippen LogP contribution in [0.25, 0.3) is 0 Å². The molecule has 16 heavy (non-hydrogen) atoms. The predicted octanol–water partition coefficient (Wildman–Crippen LogP) is -1.23. The molecule has 0 radical (unpaired) electrons. The number of hydrogen-bond donors (Lipinski definition) is 0. The highest BCUT2D eigenvalue weighted by Gasteiger charge is 2.55. The van der Waals surface area contributed by atoms with Gasteiger partial charge in [0.15, 0.2) is 0 Å². The zero-order valence-corrected chi connectivity index (χ0v) is 15.0. The Morgan fingerprint density at radius 2 is 1.62 bits per heavy atom. The zero-order valence-electron chi connectivity index (χ0n) is 8.71. The van der Waals surface area contributed by atoms with E-state index in [9.17, 15) is 12.3 Å². The Bertz CT molecular complexity index is 223. The molecule has 1 unspecified atom stereocenters. The quantitative estimate of drug-likeness (QED) is 0.470. The Labute approximate surface area is 101 Å². The highest BCUT2D eigenvalue weighted by Crippen LogP contribution is 2.24. The number of halogens is 3. The summed E-state index contributed by atoms with van der Waals surface area (Å²) in [6, 6.07) is -0.126. The molecule has 0 aliphatic carbocycles. The molecule has 1 rings (SSSR count). The predicted molar refractivity (Wildman–Crippen MR) is 61.0 cm³/mol. The minimum absolute atomic E-state index is 0.126. The lowest BCUT2D eigenvalue weighted by Gasteiger charge is -2.26. The Kier molecular flexibility index (Phi) is 6.05. The molecule has 0 saturated carbocycles. The van der Waals surface area contributed by atoms with Crippen molar-refractivity contribution >= 4 is 48.1 Å². The fourth-order valence-electron chi connectivity index (χ4n) is 1.03. The summed E-state index contributed by atoms with van der Waals surface area (Å²) < 4.78 is 63.2. The average molecular weight is 327 g/mol. The van der Waals surface area contributed by atoms with Crippen molar-refractivity contribution in [2.24, 2.45) is 0 Å². The molecule has 1 fully saturated rings. The van der Waals surface area contributed by atoms with Crippen molar-refractivity contribution in [3.63, 3.8) is 0 Å². The molecule has 0 N–H and O–H groups in total. The van der Waals surface area contributed by atoms with Gasteiger partial charge in [-0.25, -0.2) is 12.3 Å². The maximum absolute atomic E-state index is 13.9. The Hall–Kier alpha value is 0.674. The number of hydrogen-bond acceptors (Lipinski definition) is 5. The van der Waals surface area contributed by atoms with Crippen molar-refractivity contribution in [1.82, 2.24) is 0 Å². The Morgan fingerprint density at radius 3 is 2.25 bits per heavy atom. The van der Waals surface area contributed by atoms with E-state index in [-0.39, 0.29) is 6.04 Å². The van der Waals surface area contributed by atoms with E-state index in [0.29, 0.717) is 6.42 Å². The van der Waals surface area contributed by atoms with Gasteiger partial charge >= 0.3 is 18.1 Å². The summed E-state index contributed by atoms with van der Waals surface area (Å²) in [5.74, 6) is 0. The molecule has 0 aromatic rings. The summed E-state index contributed by atoms with van der Waals surface area (Å²) in [4.78, 5) is 0. The molecule has 0 spiro atoms. The largest absolute Gasteiger partial charge is 0.744 e. The van der Waals surface area contributed by atoms with Crippen molar-refractivity contribution in [2.75, 3.05) is 0 Å². The van der Waals surface area contributed by atoms with Gasteiger partial charge in [-0.3, -0.25) is 0 Å². The van der Waals surface area contributed by atoms with E-state index in [1.54, 1.807) is 6.92 Å². The highest BCUT2D eigenvalue weighted by atomic mass is 28.5. The van der Waals surface area contributed by atoms with Crippen LogP contribution >= 0.6 is 0 Å². The molecule has 5 nitrogen and oxygen atoms in total. The van der Waals surface area contributed by atoms with Crippen molar-refractivity contribution < 1.29 is 32.9 Å². The van der Waals surface area contributed by atoms with Crippen LogP contribution in [0.2, 0.25) is 6.04 Å². The van der Waals surface area contributed by atoms with Gasteiger partial charge in [0.1, 0.15) is 0 Å². The van der Waals surface area contributed by atoms with Crippen LogP contribution in [-0.2, 0) is 20.6 Å². The van der Waals surface area contributed by atoms with Crippen molar-refractivity contribution in [3.05, 3.63) is 0 Å². The van der Waals surface area contributed by atoms with Crippen LogP contribution in [0.4, 0.5) is 12.3 Å². The first-order valence-electron chi connectivity index (χ1n) is 4.68. The van der Waals surface area contributed by atoms with E-state index in [0.717, 1.165) is 0 Å². The minimum atomic E-state index is -5.41. The Morgan fingerprint density at radius 1 is 1.00 bits per heavy atom. The van der Waals surface area contributed by atoms with Gasteiger partial charge in [0.2, 0.25) is 0 Å². The average Bonchev–Trinajstić information content (AvgIpc) is 2.15. The van der Waals surface area contributed by atoms with Crippen LogP contribution in [0.5, 0.6) is 0 Å². The third kappa shape index (κ3) is 5.34. The molecule has 96 valence electrons. The van der Waals surface area contributed by atoms with Gasteiger partial charge in [-0.05, 0) is 0 Å². The van der Waals surface area contributed by atoms with E-state index in [2.05, 4.69) is 8.23 Å². The molecule has 1 aliphatic rings. The van der Waals surface area contributed by atoms with Crippen molar-refractivity contribution in [2.45, 2.75) is 19.4 Å². The SMILES string of the molecule is CCC[Si]1(F)O[SiH2]O[SiH2]O[SiH2]O[Si](F)(F)O1. The minimum Gasteiger partial charge on any atom is -0.425 e. The summed E-state index contributed by atoms with van der Waals surface area (Å²) in [5.41, 5.74) is 0. The lowest BCUT2D eigenvalue weighted by Crippen LogP contribution is -2.50. The molecule has 0 bridgehead atoms. The molecule has 0 amide bonds. The van der Waals surface area contributed by atoms with Crippen LogP contribution in [0.3, 0.4) is 0 Å². The van der Waals surface area contributed by atoms with Crippen LogP contribution in [0, 0.1) is 0 Å². The maximum atomic E-state index is 13.9. The van der Waals surface area contributed by atoms with E-state index < -0.39 is 48.1 Å². The van der Waals surface area contributed by atoms with Crippen molar-refractivity contribution in [3.8, 4) is 0 Å². The zero-order chi connectivity index (χ0) is 12.1. The van der Waals surface area contributed by atoms with E-state index in [1.807, 2.05) is 0 Å². The van der Waals surface area contributed by atoms with Crippen molar-refractivity contribution in [1.29, 1.82) is 0 Å². The van der Waals surface area contributed by atoms with Crippen LogP contribution < -0.4 is 0 Å². The molecule has 0 aromatic heterocycles. The molecule has 1 saturated heterocycles. The second-order valence-electron chi connectivity index (χ2n) is 3.03. The molecule has 13 heteroatoms. The first kappa shape index (κ1) is 14.7. The second-order valence-corrected chi connectivity index (χ2v) is 12.9. The third-order valence-corrected chi connectivity index (χ3v) is 11.6. The van der Waals surface area contributed by atoms with Gasteiger partial charge < -0.3 is 20.6 Å².